The van der Waals surface area contributed by atoms with E-state index < -0.39 is 0 Å². The fourth-order valence-corrected chi connectivity index (χ4v) is 3.61. The van der Waals surface area contributed by atoms with E-state index in [2.05, 4.69) is 15.3 Å². The second-order valence-corrected chi connectivity index (χ2v) is 6.78. The van der Waals surface area contributed by atoms with Crippen LogP contribution in [0.4, 0.5) is 5.13 Å². The summed E-state index contributed by atoms with van der Waals surface area (Å²) in [6.07, 6.45) is 3.55. The van der Waals surface area contributed by atoms with E-state index in [0.29, 0.717) is 27.2 Å². The fourth-order valence-electron chi connectivity index (χ4n) is 2.35. The van der Waals surface area contributed by atoms with Crippen molar-refractivity contribution in [1.29, 1.82) is 0 Å². The first-order valence-corrected chi connectivity index (χ1v) is 9.75. The first kappa shape index (κ1) is 18.2. The number of rotatable bonds is 6. The number of nitrogens with zero attached hydrogens (tertiary/aromatic N) is 2. The van der Waals surface area contributed by atoms with E-state index in [1.54, 1.807) is 32.5 Å². The molecule has 0 aliphatic heterocycles. The molecule has 0 saturated heterocycles. The van der Waals surface area contributed by atoms with Crippen LogP contribution in [-0.4, -0.2) is 36.4 Å². The van der Waals surface area contributed by atoms with Crippen LogP contribution in [0, 0.1) is 0 Å². The number of nitrogens with one attached hydrogen (secondary N) is 1. The third kappa shape index (κ3) is 3.81. The van der Waals surface area contributed by atoms with Crippen LogP contribution in [0.3, 0.4) is 0 Å². The first-order valence-electron chi connectivity index (χ1n) is 7.64. The fraction of sp³-hybridized carbons (Fsp3) is 0.167. The minimum atomic E-state index is -0.226. The molecule has 3 aromatic rings. The second-order valence-electron chi connectivity index (χ2n) is 5.12. The molecule has 1 N–H and O–H groups in total. The summed E-state index contributed by atoms with van der Waals surface area (Å²) in [4.78, 5) is 21.2. The molecule has 0 saturated carbocycles. The van der Waals surface area contributed by atoms with Crippen molar-refractivity contribution in [2.45, 2.75) is 5.03 Å². The van der Waals surface area contributed by atoms with Crippen molar-refractivity contribution in [2.75, 3.05) is 25.8 Å². The van der Waals surface area contributed by atoms with Gasteiger partial charge in [0, 0.05) is 17.1 Å². The molecule has 134 valence electrons. The van der Waals surface area contributed by atoms with Crippen molar-refractivity contribution in [2.24, 2.45) is 0 Å². The quantitative estimate of drug-likeness (QED) is 0.639. The topological polar surface area (TPSA) is 73.3 Å². The monoisotopic (exact) mass is 387 g/mol. The number of thioether (sulfide) groups is 1. The zero-order chi connectivity index (χ0) is 18.5. The van der Waals surface area contributed by atoms with Gasteiger partial charge in [-0.1, -0.05) is 0 Å². The summed E-state index contributed by atoms with van der Waals surface area (Å²) in [7, 11) is 3.18. The van der Waals surface area contributed by atoms with Gasteiger partial charge in [-0.15, -0.1) is 23.1 Å². The maximum atomic E-state index is 12.5. The Morgan fingerprint density at radius 3 is 2.73 bits per heavy atom. The molecule has 2 heterocycles. The highest BCUT2D eigenvalue weighted by Crippen LogP contribution is 2.33. The molecule has 1 aromatic carbocycles. The zero-order valence-corrected chi connectivity index (χ0v) is 16.1. The number of pyridine rings is 1. The highest BCUT2D eigenvalue weighted by Gasteiger charge is 2.14. The Balaban J connectivity index is 1.81. The third-order valence-corrected chi connectivity index (χ3v) is 5.08. The van der Waals surface area contributed by atoms with Crippen molar-refractivity contribution in [3.8, 4) is 22.8 Å². The first-order chi connectivity index (χ1) is 12.7. The number of aromatic nitrogens is 2. The molecule has 0 unspecified atom stereocenters. The molecular weight excluding hydrogens is 370 g/mol. The van der Waals surface area contributed by atoms with Crippen molar-refractivity contribution in [3.63, 3.8) is 0 Å². The Morgan fingerprint density at radius 2 is 2.00 bits per heavy atom. The molecule has 0 fully saturated rings. The number of benzene rings is 1. The predicted molar refractivity (Wildman–Crippen MR) is 105 cm³/mol. The summed E-state index contributed by atoms with van der Waals surface area (Å²) in [5.41, 5.74) is 2.16. The highest BCUT2D eigenvalue weighted by atomic mass is 32.2. The molecule has 0 atom stereocenters. The predicted octanol–water partition coefficient (Wildman–Crippen LogP) is 4.20. The lowest BCUT2D eigenvalue weighted by Crippen LogP contribution is -2.13. The van der Waals surface area contributed by atoms with E-state index >= 15 is 0 Å². The standard InChI is InChI=1S/C18H17N3O3S2/c1-23-14-7-6-11(9-15(14)24-2)13-10-26-18(20-13)21-16(22)12-5-4-8-19-17(12)25-3/h4-10H,1-3H3,(H,20,21,22). The smallest absolute Gasteiger partial charge is 0.260 e. The normalized spacial score (nSPS) is 10.4. The SMILES string of the molecule is COc1ccc(-c2csc(NC(=O)c3cccnc3SC)n2)cc1OC. The largest absolute Gasteiger partial charge is 0.493 e. The summed E-state index contributed by atoms with van der Waals surface area (Å²) < 4.78 is 10.6. The van der Waals surface area contributed by atoms with E-state index in [1.807, 2.05) is 29.8 Å². The summed E-state index contributed by atoms with van der Waals surface area (Å²) in [6.45, 7) is 0. The number of carbonyl (C=O) groups excluding carboxylic acids is 1. The molecule has 26 heavy (non-hydrogen) atoms. The number of methoxy groups -OCH3 is 2. The van der Waals surface area contributed by atoms with Gasteiger partial charge in [-0.05, 0) is 36.6 Å². The number of carbonyl (C=O) groups is 1. The van der Waals surface area contributed by atoms with Crippen LogP contribution in [0.1, 0.15) is 10.4 Å². The molecule has 8 heteroatoms. The molecular formula is C18H17N3O3S2. The molecule has 0 spiro atoms. The zero-order valence-electron chi connectivity index (χ0n) is 14.5. The molecule has 6 nitrogen and oxygen atoms in total. The van der Waals surface area contributed by atoms with Gasteiger partial charge in [0.1, 0.15) is 5.03 Å². The Morgan fingerprint density at radius 1 is 1.19 bits per heavy atom. The van der Waals surface area contributed by atoms with Crippen molar-refractivity contribution < 1.29 is 14.3 Å². The summed E-state index contributed by atoms with van der Waals surface area (Å²) in [5.74, 6) is 1.06. The van der Waals surface area contributed by atoms with Gasteiger partial charge in [0.05, 0.1) is 25.5 Å². The summed E-state index contributed by atoms with van der Waals surface area (Å²) in [6, 6.07) is 9.07. The van der Waals surface area contributed by atoms with Crippen molar-refractivity contribution >= 4 is 34.1 Å². The van der Waals surface area contributed by atoms with Crippen molar-refractivity contribution in [1.82, 2.24) is 9.97 Å². The summed E-state index contributed by atoms with van der Waals surface area (Å²) in [5, 5.41) is 5.92. The van der Waals surface area contributed by atoms with E-state index in [-0.39, 0.29) is 5.91 Å². The van der Waals surface area contributed by atoms with Crippen LogP contribution in [0.25, 0.3) is 11.3 Å². The number of anilines is 1. The Kier molecular flexibility index (Phi) is 5.75. The van der Waals surface area contributed by atoms with Gasteiger partial charge in [0.15, 0.2) is 16.6 Å². The lowest BCUT2D eigenvalue weighted by molar-refractivity contribution is 0.102. The van der Waals surface area contributed by atoms with Gasteiger partial charge in [-0.2, -0.15) is 0 Å². The number of hydrogen-bond donors (Lipinski definition) is 1. The van der Waals surface area contributed by atoms with E-state index in [0.717, 1.165) is 11.3 Å². The van der Waals surface area contributed by atoms with E-state index in [1.165, 1.54) is 23.1 Å². The molecule has 0 bridgehead atoms. The number of amides is 1. The van der Waals surface area contributed by atoms with Gasteiger partial charge in [0.2, 0.25) is 0 Å². The molecule has 0 aliphatic carbocycles. The number of thiazole rings is 1. The van der Waals surface area contributed by atoms with Gasteiger partial charge in [-0.25, -0.2) is 9.97 Å². The number of hydrogen-bond acceptors (Lipinski definition) is 7. The van der Waals surface area contributed by atoms with Gasteiger partial charge < -0.3 is 9.47 Å². The minimum Gasteiger partial charge on any atom is -0.493 e. The molecule has 0 radical (unpaired) electrons. The molecule has 2 aromatic heterocycles. The van der Waals surface area contributed by atoms with Crippen molar-refractivity contribution in [3.05, 3.63) is 47.5 Å². The van der Waals surface area contributed by atoms with Crippen LogP contribution >= 0.6 is 23.1 Å². The third-order valence-electron chi connectivity index (χ3n) is 3.61. The summed E-state index contributed by atoms with van der Waals surface area (Å²) >= 11 is 2.79. The van der Waals surface area contributed by atoms with Gasteiger partial charge in [-0.3, -0.25) is 10.1 Å². The average Bonchev–Trinajstić information content (AvgIpc) is 3.15. The van der Waals surface area contributed by atoms with Crippen LogP contribution < -0.4 is 14.8 Å². The molecule has 0 aliphatic rings. The lowest BCUT2D eigenvalue weighted by Gasteiger charge is -2.08. The van der Waals surface area contributed by atoms with E-state index in [4.69, 9.17) is 9.47 Å². The highest BCUT2D eigenvalue weighted by molar-refractivity contribution is 7.98. The minimum absolute atomic E-state index is 0.226. The molecule has 3 rings (SSSR count). The van der Waals surface area contributed by atoms with E-state index in [9.17, 15) is 4.79 Å². The second kappa shape index (κ2) is 8.20. The Hall–Kier alpha value is -2.58. The van der Waals surface area contributed by atoms with Crippen LogP contribution in [-0.2, 0) is 0 Å². The van der Waals surface area contributed by atoms with Gasteiger partial charge >= 0.3 is 0 Å². The van der Waals surface area contributed by atoms with Gasteiger partial charge in [0.25, 0.3) is 5.91 Å². The molecule has 1 amide bonds. The number of ether oxygens (including phenoxy) is 2. The van der Waals surface area contributed by atoms with Crippen LogP contribution in [0.2, 0.25) is 0 Å². The van der Waals surface area contributed by atoms with Crippen LogP contribution in [0.5, 0.6) is 11.5 Å². The average molecular weight is 387 g/mol. The maximum absolute atomic E-state index is 12.5. The van der Waals surface area contributed by atoms with Crippen LogP contribution in [0.15, 0.2) is 46.9 Å². The maximum Gasteiger partial charge on any atom is 0.260 e. The Bertz CT molecular complexity index is 928. The Labute approximate surface area is 159 Å². The lowest BCUT2D eigenvalue weighted by atomic mass is 10.1.